The molecule has 0 amide bonds. The second-order valence-corrected chi connectivity index (χ2v) is 7.21. The third-order valence-corrected chi connectivity index (χ3v) is 6.38. The number of thioether (sulfide) groups is 2. The Morgan fingerprint density at radius 3 is 1.77 bits per heavy atom. The Morgan fingerprint density at radius 2 is 1.38 bits per heavy atom. The number of hydrogen-bond donors (Lipinski definition) is 0. The van der Waals surface area contributed by atoms with Crippen molar-refractivity contribution in [2.24, 2.45) is 0 Å². The predicted molar refractivity (Wildman–Crippen MR) is 70.4 cm³/mol. The summed E-state index contributed by atoms with van der Waals surface area (Å²) in [5, 5.41) is 2.83. The van der Waals surface area contributed by atoms with Gasteiger partial charge in [-0.3, -0.25) is 0 Å². The zero-order valence-corrected chi connectivity index (χ0v) is 11.4. The van der Waals surface area contributed by atoms with Crippen LogP contribution >= 0.6 is 23.5 Å². The van der Waals surface area contributed by atoms with Crippen molar-refractivity contribution in [2.75, 3.05) is 23.0 Å². The summed E-state index contributed by atoms with van der Waals surface area (Å²) >= 11 is 4.86. The molecule has 0 aromatic heterocycles. The van der Waals surface area contributed by atoms with Gasteiger partial charge in [-0.25, -0.2) is 0 Å². The summed E-state index contributed by atoms with van der Waals surface area (Å²) in [7, 11) is 0. The summed E-state index contributed by atoms with van der Waals surface area (Å²) in [5.41, 5.74) is 0. The molecule has 3 heteroatoms. The fourth-order valence-corrected chi connectivity index (χ4v) is 5.20. The summed E-state index contributed by atoms with van der Waals surface area (Å²) in [6.45, 7) is 7.40. The van der Waals surface area contributed by atoms with Crippen LogP contribution in [0.4, 0.5) is 0 Å². The van der Waals surface area contributed by atoms with Gasteiger partial charge in [0.1, 0.15) is 0 Å². The predicted octanol–water partition coefficient (Wildman–Crippen LogP) is 3.37. The van der Waals surface area contributed by atoms with Crippen LogP contribution < -0.4 is 0 Å². The molecule has 0 saturated carbocycles. The maximum atomic E-state index is 3.70. The first kappa shape index (κ1) is 13.7. The Kier molecular flexibility index (Phi) is 13.4. The Balaban J connectivity index is 2.83. The van der Waals surface area contributed by atoms with Crippen LogP contribution in [-0.2, 0) is 0 Å². The second-order valence-electron chi connectivity index (χ2n) is 2.34. The van der Waals surface area contributed by atoms with E-state index in [2.05, 4.69) is 13.2 Å². The average molecular weight is 281 g/mol. The second kappa shape index (κ2) is 12.7. The van der Waals surface area contributed by atoms with E-state index in [1.165, 1.54) is 22.1 Å². The summed E-state index contributed by atoms with van der Waals surface area (Å²) in [4.78, 5) is 0. The van der Waals surface area contributed by atoms with Gasteiger partial charge >= 0.3 is 97.4 Å². The van der Waals surface area contributed by atoms with Gasteiger partial charge in [-0.1, -0.05) is 0 Å². The standard InChI is InChI=1S/C10H18S2Se/c1-3-5-11-7-9-13-10-8-12-6-4-2/h3-4H,1-2,5-10H2. The minimum atomic E-state index is 0.863. The molecule has 0 aromatic carbocycles. The van der Waals surface area contributed by atoms with Crippen LogP contribution in [0.2, 0.25) is 10.6 Å². The van der Waals surface area contributed by atoms with Gasteiger partial charge in [0.05, 0.1) is 0 Å². The van der Waals surface area contributed by atoms with Crippen molar-refractivity contribution in [1.82, 2.24) is 0 Å². The van der Waals surface area contributed by atoms with Crippen LogP contribution in [0.5, 0.6) is 0 Å². The van der Waals surface area contributed by atoms with Gasteiger partial charge in [0, 0.05) is 0 Å². The van der Waals surface area contributed by atoms with E-state index in [4.69, 9.17) is 0 Å². The molecule has 0 aliphatic heterocycles. The quantitative estimate of drug-likeness (QED) is 0.342. The Hall–Kier alpha value is 0.699. The average Bonchev–Trinajstić information content (AvgIpc) is 2.16. The van der Waals surface area contributed by atoms with Gasteiger partial charge < -0.3 is 0 Å². The van der Waals surface area contributed by atoms with Crippen molar-refractivity contribution in [1.29, 1.82) is 0 Å². The van der Waals surface area contributed by atoms with Gasteiger partial charge in [0.2, 0.25) is 0 Å². The van der Waals surface area contributed by atoms with E-state index in [9.17, 15) is 0 Å². The number of rotatable bonds is 10. The summed E-state index contributed by atoms with van der Waals surface area (Å²) < 4.78 is 0. The molecule has 0 spiro atoms. The molecule has 0 bridgehead atoms. The van der Waals surface area contributed by atoms with Crippen LogP contribution in [0, 0.1) is 0 Å². The normalized spacial score (nSPS) is 9.85. The number of hydrogen-bond acceptors (Lipinski definition) is 2. The fourth-order valence-electron chi connectivity index (χ4n) is 0.671. The Bertz CT molecular complexity index is 112. The van der Waals surface area contributed by atoms with Crippen molar-refractivity contribution in [3.8, 4) is 0 Å². The molecule has 0 aromatic rings. The molecule has 0 atom stereocenters. The van der Waals surface area contributed by atoms with Crippen molar-refractivity contribution in [3.63, 3.8) is 0 Å². The van der Waals surface area contributed by atoms with E-state index < -0.39 is 0 Å². The van der Waals surface area contributed by atoms with E-state index in [1.807, 2.05) is 35.7 Å². The molecule has 0 radical (unpaired) electrons. The first-order valence-electron chi connectivity index (χ1n) is 4.37. The molecular formula is C10H18S2Se. The van der Waals surface area contributed by atoms with E-state index in [1.54, 1.807) is 0 Å². The molecule has 0 rings (SSSR count). The molecule has 0 N–H and O–H groups in total. The molecule has 13 heavy (non-hydrogen) atoms. The van der Waals surface area contributed by atoms with Gasteiger partial charge in [-0.2, -0.15) is 0 Å². The summed E-state index contributed by atoms with van der Waals surface area (Å²) in [6, 6.07) is 0. The zero-order chi connectivity index (χ0) is 9.78. The molecular weight excluding hydrogens is 263 g/mol. The Labute approximate surface area is 97.2 Å². The summed E-state index contributed by atoms with van der Waals surface area (Å²) in [6.07, 6.45) is 3.97. The van der Waals surface area contributed by atoms with Crippen LogP contribution in [0.25, 0.3) is 0 Å². The first-order chi connectivity index (χ1) is 6.41. The third-order valence-electron chi connectivity index (χ3n) is 1.22. The van der Waals surface area contributed by atoms with Crippen LogP contribution in [0.3, 0.4) is 0 Å². The van der Waals surface area contributed by atoms with E-state index in [0.29, 0.717) is 0 Å². The minimum absolute atomic E-state index is 0.863. The molecule has 0 aliphatic carbocycles. The van der Waals surface area contributed by atoms with Gasteiger partial charge in [-0.05, 0) is 0 Å². The van der Waals surface area contributed by atoms with E-state index >= 15 is 0 Å². The van der Waals surface area contributed by atoms with Gasteiger partial charge in [-0.15, -0.1) is 0 Å². The fraction of sp³-hybridized carbons (Fsp3) is 0.600. The van der Waals surface area contributed by atoms with Crippen molar-refractivity contribution in [2.45, 2.75) is 10.6 Å². The first-order valence-corrected chi connectivity index (χ1v) is 9.10. The van der Waals surface area contributed by atoms with Crippen molar-refractivity contribution >= 4 is 38.5 Å². The summed E-state index contributed by atoms with van der Waals surface area (Å²) in [5.74, 6) is 4.86. The van der Waals surface area contributed by atoms with Crippen molar-refractivity contribution in [3.05, 3.63) is 25.3 Å². The molecule has 0 saturated heterocycles. The molecule has 76 valence electrons. The topological polar surface area (TPSA) is 0 Å². The van der Waals surface area contributed by atoms with Gasteiger partial charge in [0.15, 0.2) is 0 Å². The Morgan fingerprint density at radius 1 is 0.923 bits per heavy atom. The molecule has 0 heterocycles. The molecule has 0 unspecified atom stereocenters. The van der Waals surface area contributed by atoms with E-state index in [0.717, 1.165) is 26.5 Å². The SMILES string of the molecule is C=CCSCC[Se]CCSCC=C. The maximum absolute atomic E-state index is 3.70. The molecule has 0 fully saturated rings. The van der Waals surface area contributed by atoms with Crippen molar-refractivity contribution < 1.29 is 0 Å². The molecule has 0 aliphatic rings. The van der Waals surface area contributed by atoms with Gasteiger partial charge in [0.25, 0.3) is 0 Å². The monoisotopic (exact) mass is 282 g/mol. The van der Waals surface area contributed by atoms with E-state index in [-0.39, 0.29) is 0 Å². The molecule has 0 nitrogen and oxygen atoms in total. The zero-order valence-electron chi connectivity index (χ0n) is 8.04. The van der Waals surface area contributed by atoms with Crippen LogP contribution in [0.15, 0.2) is 25.3 Å². The van der Waals surface area contributed by atoms with Crippen LogP contribution in [-0.4, -0.2) is 38.0 Å². The van der Waals surface area contributed by atoms with Crippen LogP contribution in [0.1, 0.15) is 0 Å². The third kappa shape index (κ3) is 12.7.